The summed E-state index contributed by atoms with van der Waals surface area (Å²) in [5.74, 6) is -0.217. The van der Waals surface area contributed by atoms with Gasteiger partial charge in [0.15, 0.2) is 0 Å². The van der Waals surface area contributed by atoms with Crippen LogP contribution in [-0.2, 0) is 14.8 Å². The number of aromatic nitrogens is 1. The number of carbonyl (C=O) groups excluding carboxylic acids is 1. The molecule has 0 aliphatic carbocycles. The zero-order valence-electron chi connectivity index (χ0n) is 17.0. The number of amides is 1. The number of carbonyl (C=O) groups is 1. The summed E-state index contributed by atoms with van der Waals surface area (Å²) in [4.78, 5) is 17.4. The zero-order valence-corrected chi connectivity index (χ0v) is 18.7. The van der Waals surface area contributed by atoms with Gasteiger partial charge in [0.25, 0.3) is 0 Å². The van der Waals surface area contributed by atoms with E-state index in [4.69, 9.17) is 0 Å². The minimum Gasteiger partial charge on any atom is -0.348 e. The average molecular weight is 444 g/mol. The smallest absolute Gasteiger partial charge is 0.243 e. The Bertz CT molecular complexity index is 1170. The Morgan fingerprint density at radius 3 is 2.53 bits per heavy atom. The van der Waals surface area contributed by atoms with Gasteiger partial charge in [-0.2, -0.15) is 4.31 Å². The molecule has 0 radical (unpaired) electrons. The summed E-state index contributed by atoms with van der Waals surface area (Å²) < 4.78 is 27.7. The minimum absolute atomic E-state index is 0.0316. The van der Waals surface area contributed by atoms with Gasteiger partial charge in [0, 0.05) is 24.4 Å². The first-order chi connectivity index (χ1) is 14.3. The lowest BCUT2D eigenvalue weighted by Gasteiger charge is -2.31. The summed E-state index contributed by atoms with van der Waals surface area (Å²) >= 11 is 1.56. The summed E-state index contributed by atoms with van der Waals surface area (Å²) in [6.07, 6.45) is 1.03. The van der Waals surface area contributed by atoms with Crippen LogP contribution in [0.25, 0.3) is 10.8 Å². The molecule has 1 saturated heterocycles. The molecule has 1 aliphatic rings. The molecule has 30 heavy (non-hydrogen) atoms. The molecule has 8 heteroatoms. The molecule has 0 saturated carbocycles. The normalized spacial score (nSPS) is 17.1. The fraction of sp³-hybridized carbons (Fsp3) is 0.364. The first-order valence-electron chi connectivity index (χ1n) is 10.1. The topological polar surface area (TPSA) is 79.4 Å². The molecular formula is C22H25N3O3S2. The predicted octanol–water partition coefficient (Wildman–Crippen LogP) is 3.88. The maximum absolute atomic E-state index is 13.1. The highest BCUT2D eigenvalue weighted by molar-refractivity contribution is 7.89. The van der Waals surface area contributed by atoms with Crippen LogP contribution in [0.5, 0.6) is 0 Å². The van der Waals surface area contributed by atoms with E-state index >= 15 is 0 Å². The fourth-order valence-electron chi connectivity index (χ4n) is 3.82. The maximum atomic E-state index is 13.1. The van der Waals surface area contributed by atoms with E-state index in [1.807, 2.05) is 49.6 Å². The Hall–Kier alpha value is -2.29. The van der Waals surface area contributed by atoms with Gasteiger partial charge in [-0.1, -0.05) is 30.3 Å². The van der Waals surface area contributed by atoms with Crippen molar-refractivity contribution in [3.8, 4) is 0 Å². The van der Waals surface area contributed by atoms with E-state index in [9.17, 15) is 13.2 Å². The second-order valence-electron chi connectivity index (χ2n) is 7.71. The Balaban J connectivity index is 1.39. The van der Waals surface area contributed by atoms with E-state index in [-0.39, 0.29) is 17.9 Å². The number of rotatable bonds is 5. The number of piperidine rings is 1. The number of fused-ring (bicyclic) bond motifs is 1. The SMILES string of the molecule is Cc1nc([C@H](C)NC(=O)C2CCN(S(=O)(=O)c3ccc4ccccc4c3)CC2)cs1. The molecule has 0 spiro atoms. The Morgan fingerprint density at radius 2 is 1.87 bits per heavy atom. The maximum Gasteiger partial charge on any atom is 0.243 e. The van der Waals surface area contributed by atoms with Gasteiger partial charge < -0.3 is 5.32 Å². The molecule has 1 amide bonds. The number of thiazole rings is 1. The summed E-state index contributed by atoms with van der Waals surface area (Å²) in [5.41, 5.74) is 0.863. The Kier molecular flexibility index (Phi) is 5.90. The van der Waals surface area contributed by atoms with Gasteiger partial charge in [0.05, 0.1) is 21.6 Å². The van der Waals surface area contributed by atoms with Gasteiger partial charge in [0.1, 0.15) is 0 Å². The highest BCUT2D eigenvalue weighted by atomic mass is 32.2. The number of aryl methyl sites for hydroxylation is 1. The van der Waals surface area contributed by atoms with Crippen LogP contribution in [0.1, 0.15) is 36.5 Å². The van der Waals surface area contributed by atoms with E-state index in [0.717, 1.165) is 21.5 Å². The van der Waals surface area contributed by atoms with Crippen LogP contribution >= 0.6 is 11.3 Å². The molecule has 1 aliphatic heterocycles. The molecular weight excluding hydrogens is 418 g/mol. The van der Waals surface area contributed by atoms with Crippen molar-refractivity contribution in [2.75, 3.05) is 13.1 Å². The summed E-state index contributed by atoms with van der Waals surface area (Å²) in [6, 6.07) is 12.8. The van der Waals surface area contributed by atoms with Gasteiger partial charge in [0.2, 0.25) is 15.9 Å². The third-order valence-electron chi connectivity index (χ3n) is 5.62. The zero-order chi connectivity index (χ0) is 21.3. The monoisotopic (exact) mass is 443 g/mol. The van der Waals surface area contributed by atoms with Gasteiger partial charge in [-0.25, -0.2) is 13.4 Å². The van der Waals surface area contributed by atoms with Crippen LogP contribution in [0.3, 0.4) is 0 Å². The molecule has 6 nitrogen and oxygen atoms in total. The average Bonchev–Trinajstić information content (AvgIpc) is 3.20. The van der Waals surface area contributed by atoms with Crippen LogP contribution in [-0.4, -0.2) is 36.7 Å². The van der Waals surface area contributed by atoms with Gasteiger partial charge >= 0.3 is 0 Å². The van der Waals surface area contributed by atoms with Gasteiger partial charge in [-0.05, 0) is 49.6 Å². The molecule has 158 valence electrons. The third kappa shape index (κ3) is 4.26. The number of hydrogen-bond donors (Lipinski definition) is 1. The lowest BCUT2D eigenvalue weighted by molar-refractivity contribution is -0.126. The quantitative estimate of drug-likeness (QED) is 0.649. The molecule has 4 rings (SSSR count). The Labute approximate surface area is 181 Å². The van der Waals surface area contributed by atoms with Crippen LogP contribution < -0.4 is 5.32 Å². The molecule has 1 fully saturated rings. The van der Waals surface area contributed by atoms with Crippen molar-refractivity contribution >= 4 is 38.0 Å². The number of nitrogens with zero attached hydrogens (tertiary/aromatic N) is 2. The predicted molar refractivity (Wildman–Crippen MR) is 119 cm³/mol. The number of sulfonamides is 1. The lowest BCUT2D eigenvalue weighted by atomic mass is 9.97. The van der Waals surface area contributed by atoms with Crippen LogP contribution in [0.2, 0.25) is 0 Å². The standard InChI is InChI=1S/C22H25N3O3S2/c1-15(21-14-29-16(2)24-21)23-22(26)18-9-11-25(12-10-18)30(27,28)20-8-7-17-5-3-4-6-19(17)13-20/h3-8,13-15,18H,9-12H2,1-2H3,(H,23,26)/t15-/m0/s1. The second kappa shape index (κ2) is 8.45. The highest BCUT2D eigenvalue weighted by Crippen LogP contribution is 2.27. The van der Waals surface area contributed by atoms with Crippen molar-refractivity contribution < 1.29 is 13.2 Å². The van der Waals surface area contributed by atoms with E-state index in [1.165, 1.54) is 4.31 Å². The minimum atomic E-state index is -3.57. The molecule has 0 unspecified atom stereocenters. The van der Waals surface area contributed by atoms with E-state index in [1.54, 1.807) is 23.5 Å². The Morgan fingerprint density at radius 1 is 1.17 bits per heavy atom. The molecule has 1 aromatic heterocycles. The van der Waals surface area contributed by atoms with Crippen molar-refractivity contribution in [3.05, 3.63) is 58.5 Å². The molecule has 0 bridgehead atoms. The van der Waals surface area contributed by atoms with Crippen molar-refractivity contribution in [2.24, 2.45) is 5.92 Å². The first kappa shape index (κ1) is 21.0. The summed E-state index contributed by atoms with van der Waals surface area (Å²) in [7, 11) is -3.57. The lowest BCUT2D eigenvalue weighted by Crippen LogP contribution is -2.43. The molecule has 1 N–H and O–H groups in total. The molecule has 3 aromatic rings. The van der Waals surface area contributed by atoms with E-state index in [2.05, 4.69) is 10.3 Å². The third-order valence-corrected chi connectivity index (χ3v) is 8.31. The van der Waals surface area contributed by atoms with Gasteiger partial charge in [-0.3, -0.25) is 4.79 Å². The number of nitrogens with one attached hydrogen (secondary N) is 1. The number of benzene rings is 2. The van der Waals surface area contributed by atoms with Crippen molar-refractivity contribution in [2.45, 2.75) is 37.6 Å². The summed E-state index contributed by atoms with van der Waals surface area (Å²) in [5, 5.41) is 7.86. The van der Waals surface area contributed by atoms with Crippen LogP contribution in [0.4, 0.5) is 0 Å². The molecule has 2 aromatic carbocycles. The van der Waals surface area contributed by atoms with Crippen molar-refractivity contribution in [3.63, 3.8) is 0 Å². The molecule has 2 heterocycles. The summed E-state index contributed by atoms with van der Waals surface area (Å²) in [6.45, 7) is 4.55. The van der Waals surface area contributed by atoms with Crippen molar-refractivity contribution in [1.82, 2.24) is 14.6 Å². The van der Waals surface area contributed by atoms with Gasteiger partial charge in [-0.15, -0.1) is 11.3 Å². The highest BCUT2D eigenvalue weighted by Gasteiger charge is 2.32. The van der Waals surface area contributed by atoms with Crippen LogP contribution in [0, 0.1) is 12.8 Å². The van der Waals surface area contributed by atoms with Crippen molar-refractivity contribution in [1.29, 1.82) is 0 Å². The van der Waals surface area contributed by atoms with Crippen LogP contribution in [0.15, 0.2) is 52.7 Å². The molecule has 1 atom stereocenters. The largest absolute Gasteiger partial charge is 0.348 e. The first-order valence-corrected chi connectivity index (χ1v) is 12.4. The van der Waals surface area contributed by atoms with E-state index < -0.39 is 10.0 Å². The van der Waals surface area contributed by atoms with E-state index in [0.29, 0.717) is 30.8 Å². The second-order valence-corrected chi connectivity index (χ2v) is 10.7. The number of hydrogen-bond acceptors (Lipinski definition) is 5. The fourth-order valence-corrected chi connectivity index (χ4v) is 6.03.